The molecule has 0 saturated carbocycles. The molecule has 3 heteroatoms. The lowest BCUT2D eigenvalue weighted by Crippen LogP contribution is -2.28. The second-order valence-corrected chi connectivity index (χ2v) is 4.11. The van der Waals surface area contributed by atoms with Gasteiger partial charge in [-0.1, -0.05) is 25.1 Å². The minimum absolute atomic E-state index is 0.718. The molecule has 0 spiro atoms. The van der Waals surface area contributed by atoms with Gasteiger partial charge in [0.1, 0.15) is 5.75 Å². The molecule has 0 unspecified atom stereocenters. The topological polar surface area (TPSA) is 24.5 Å². The van der Waals surface area contributed by atoms with Crippen molar-refractivity contribution in [2.75, 3.05) is 33.3 Å². The van der Waals surface area contributed by atoms with Gasteiger partial charge in [-0.3, -0.25) is 0 Å². The first kappa shape index (κ1) is 14.0. The molecular weight excluding hydrogens is 212 g/mol. The van der Waals surface area contributed by atoms with Crippen molar-refractivity contribution in [3.8, 4) is 5.75 Å². The van der Waals surface area contributed by atoms with Crippen molar-refractivity contribution in [1.82, 2.24) is 10.2 Å². The third kappa shape index (κ3) is 5.20. The van der Waals surface area contributed by atoms with Gasteiger partial charge in [0.05, 0.1) is 6.61 Å². The van der Waals surface area contributed by atoms with Crippen LogP contribution in [0.25, 0.3) is 0 Å². The Labute approximate surface area is 105 Å². The lowest BCUT2D eigenvalue weighted by molar-refractivity contribution is 0.332. The van der Waals surface area contributed by atoms with Crippen molar-refractivity contribution in [2.24, 2.45) is 0 Å². The Bertz CT molecular complexity index is 315. The third-order valence-electron chi connectivity index (χ3n) is 2.80. The normalized spacial score (nSPS) is 10.8. The molecule has 1 aromatic rings. The molecule has 3 nitrogen and oxygen atoms in total. The fourth-order valence-corrected chi connectivity index (χ4v) is 1.60. The van der Waals surface area contributed by atoms with Crippen LogP contribution in [-0.4, -0.2) is 38.2 Å². The quantitative estimate of drug-likeness (QED) is 0.700. The number of benzene rings is 1. The van der Waals surface area contributed by atoms with E-state index < -0.39 is 0 Å². The van der Waals surface area contributed by atoms with Gasteiger partial charge >= 0.3 is 0 Å². The van der Waals surface area contributed by atoms with E-state index >= 15 is 0 Å². The molecular formula is C14H24N2O. The molecule has 0 aliphatic carbocycles. The van der Waals surface area contributed by atoms with Gasteiger partial charge in [0.15, 0.2) is 0 Å². The van der Waals surface area contributed by atoms with Crippen LogP contribution in [0.4, 0.5) is 0 Å². The van der Waals surface area contributed by atoms with Crippen molar-refractivity contribution in [2.45, 2.75) is 20.4 Å². The standard InChI is InChI=1S/C14H24N2O/c1-4-16(3)11-10-15-12-13-8-6-7-9-14(13)17-5-2/h6-9,15H,4-5,10-12H2,1-3H3. The molecule has 17 heavy (non-hydrogen) atoms. The largest absolute Gasteiger partial charge is 0.494 e. The SMILES string of the molecule is CCOc1ccccc1CNCCN(C)CC. The lowest BCUT2D eigenvalue weighted by Gasteiger charge is -2.15. The van der Waals surface area contributed by atoms with Crippen LogP contribution in [0.15, 0.2) is 24.3 Å². The highest BCUT2D eigenvalue weighted by Crippen LogP contribution is 2.17. The van der Waals surface area contributed by atoms with E-state index in [0.29, 0.717) is 0 Å². The Morgan fingerprint density at radius 2 is 2.00 bits per heavy atom. The van der Waals surface area contributed by atoms with E-state index in [1.54, 1.807) is 0 Å². The number of hydrogen-bond acceptors (Lipinski definition) is 3. The predicted octanol–water partition coefficient (Wildman–Crippen LogP) is 2.13. The Morgan fingerprint density at radius 1 is 1.24 bits per heavy atom. The van der Waals surface area contributed by atoms with Crippen molar-refractivity contribution < 1.29 is 4.74 Å². The van der Waals surface area contributed by atoms with Crippen LogP contribution >= 0.6 is 0 Å². The van der Waals surface area contributed by atoms with Crippen LogP contribution in [0.1, 0.15) is 19.4 Å². The second kappa shape index (κ2) is 8.09. The molecule has 0 aromatic heterocycles. The molecule has 0 heterocycles. The van der Waals surface area contributed by atoms with Gasteiger partial charge in [-0.2, -0.15) is 0 Å². The summed E-state index contributed by atoms with van der Waals surface area (Å²) in [6, 6.07) is 8.21. The molecule has 1 N–H and O–H groups in total. The molecule has 0 aliphatic rings. The van der Waals surface area contributed by atoms with Crippen molar-refractivity contribution in [1.29, 1.82) is 0 Å². The van der Waals surface area contributed by atoms with Crippen LogP contribution in [0, 0.1) is 0 Å². The van der Waals surface area contributed by atoms with Gasteiger partial charge in [-0.05, 0) is 26.6 Å². The highest BCUT2D eigenvalue weighted by atomic mass is 16.5. The van der Waals surface area contributed by atoms with Crippen molar-refractivity contribution in [3.05, 3.63) is 29.8 Å². The molecule has 0 aliphatic heterocycles. The number of hydrogen-bond donors (Lipinski definition) is 1. The summed E-state index contributed by atoms with van der Waals surface area (Å²) in [5, 5.41) is 3.44. The van der Waals surface area contributed by atoms with Crippen molar-refractivity contribution in [3.63, 3.8) is 0 Å². The van der Waals surface area contributed by atoms with Crippen LogP contribution < -0.4 is 10.1 Å². The molecule has 1 rings (SSSR count). The molecule has 0 amide bonds. The van der Waals surface area contributed by atoms with E-state index in [0.717, 1.165) is 38.5 Å². The van der Waals surface area contributed by atoms with E-state index in [9.17, 15) is 0 Å². The van der Waals surface area contributed by atoms with E-state index in [1.807, 2.05) is 19.1 Å². The number of likely N-dealkylation sites (N-methyl/N-ethyl adjacent to an activating group) is 1. The number of nitrogens with zero attached hydrogens (tertiary/aromatic N) is 1. The average molecular weight is 236 g/mol. The summed E-state index contributed by atoms with van der Waals surface area (Å²) in [7, 11) is 2.13. The van der Waals surface area contributed by atoms with E-state index in [2.05, 4.69) is 36.3 Å². The zero-order valence-corrected chi connectivity index (χ0v) is 11.2. The summed E-state index contributed by atoms with van der Waals surface area (Å²) in [6.45, 7) is 8.95. The minimum atomic E-state index is 0.718. The van der Waals surface area contributed by atoms with Gasteiger partial charge in [0.2, 0.25) is 0 Å². The summed E-state index contributed by atoms with van der Waals surface area (Å²) in [5.74, 6) is 0.992. The molecule has 0 bridgehead atoms. The number of para-hydroxylation sites is 1. The Morgan fingerprint density at radius 3 is 2.71 bits per heavy atom. The van der Waals surface area contributed by atoms with Gasteiger partial charge in [0.25, 0.3) is 0 Å². The highest BCUT2D eigenvalue weighted by molar-refractivity contribution is 5.33. The third-order valence-corrected chi connectivity index (χ3v) is 2.80. The molecule has 1 aromatic carbocycles. The molecule has 0 saturated heterocycles. The van der Waals surface area contributed by atoms with E-state index in [-0.39, 0.29) is 0 Å². The summed E-state index contributed by atoms with van der Waals surface area (Å²) >= 11 is 0. The maximum Gasteiger partial charge on any atom is 0.123 e. The first-order valence-corrected chi connectivity index (χ1v) is 6.37. The van der Waals surface area contributed by atoms with E-state index in [4.69, 9.17) is 4.74 Å². The van der Waals surface area contributed by atoms with Crippen LogP contribution in [-0.2, 0) is 6.54 Å². The van der Waals surface area contributed by atoms with Crippen LogP contribution in [0.3, 0.4) is 0 Å². The molecule has 96 valence electrons. The lowest BCUT2D eigenvalue weighted by atomic mass is 10.2. The summed E-state index contributed by atoms with van der Waals surface area (Å²) in [4.78, 5) is 2.29. The minimum Gasteiger partial charge on any atom is -0.494 e. The summed E-state index contributed by atoms with van der Waals surface area (Å²) < 4.78 is 5.59. The van der Waals surface area contributed by atoms with Crippen LogP contribution in [0.2, 0.25) is 0 Å². The van der Waals surface area contributed by atoms with E-state index in [1.165, 1.54) is 5.56 Å². The Kier molecular flexibility index (Phi) is 6.67. The molecule has 0 radical (unpaired) electrons. The zero-order valence-electron chi connectivity index (χ0n) is 11.2. The van der Waals surface area contributed by atoms with Crippen LogP contribution in [0.5, 0.6) is 5.75 Å². The fraction of sp³-hybridized carbons (Fsp3) is 0.571. The summed E-state index contributed by atoms with van der Waals surface area (Å²) in [5.41, 5.74) is 1.23. The fourth-order valence-electron chi connectivity index (χ4n) is 1.60. The average Bonchev–Trinajstić information content (AvgIpc) is 2.36. The molecule has 0 fully saturated rings. The smallest absolute Gasteiger partial charge is 0.123 e. The van der Waals surface area contributed by atoms with Gasteiger partial charge in [0, 0.05) is 25.2 Å². The van der Waals surface area contributed by atoms with Gasteiger partial charge in [-0.25, -0.2) is 0 Å². The molecule has 0 atom stereocenters. The first-order chi connectivity index (χ1) is 8.27. The predicted molar refractivity (Wildman–Crippen MR) is 72.5 cm³/mol. The second-order valence-electron chi connectivity index (χ2n) is 4.11. The Balaban J connectivity index is 2.35. The number of ether oxygens (including phenoxy) is 1. The van der Waals surface area contributed by atoms with Gasteiger partial charge in [-0.15, -0.1) is 0 Å². The Hall–Kier alpha value is -1.06. The van der Waals surface area contributed by atoms with Gasteiger partial charge < -0.3 is 15.0 Å². The number of rotatable bonds is 8. The maximum atomic E-state index is 5.59. The first-order valence-electron chi connectivity index (χ1n) is 6.37. The highest BCUT2D eigenvalue weighted by Gasteiger charge is 2.01. The monoisotopic (exact) mass is 236 g/mol. The number of nitrogens with one attached hydrogen (secondary N) is 1. The summed E-state index contributed by atoms with van der Waals surface area (Å²) in [6.07, 6.45) is 0. The maximum absolute atomic E-state index is 5.59. The zero-order chi connectivity index (χ0) is 12.5. The van der Waals surface area contributed by atoms with Crippen molar-refractivity contribution >= 4 is 0 Å².